The number of nitrogens with zero attached hydrogens (tertiary/aromatic N) is 5. The molecule has 4 N–H and O–H groups in total. The van der Waals surface area contributed by atoms with Gasteiger partial charge < -0.3 is 16.4 Å². The monoisotopic (exact) mass is 475 g/mol. The minimum Gasteiger partial charge on any atom is -0.382 e. The highest BCUT2D eigenvalue weighted by molar-refractivity contribution is 7.99. The Morgan fingerprint density at radius 3 is 2.58 bits per heavy atom. The van der Waals surface area contributed by atoms with Crippen molar-refractivity contribution in [1.29, 1.82) is 0 Å². The van der Waals surface area contributed by atoms with E-state index in [0.717, 1.165) is 37.2 Å². The smallest absolute Gasteiger partial charge is 0.245 e. The number of rotatable bonds is 3. The number of halogens is 2. The predicted molar refractivity (Wildman–Crippen MR) is 126 cm³/mol. The summed E-state index contributed by atoms with van der Waals surface area (Å²) >= 11 is 7.57. The Morgan fingerprint density at radius 1 is 1.10 bits per heavy atom. The molecule has 0 radical (unpaired) electrons. The molecule has 31 heavy (non-hydrogen) atoms. The molecule has 5 rings (SSSR count). The van der Waals surface area contributed by atoms with Crippen LogP contribution in [0.1, 0.15) is 30.0 Å². The van der Waals surface area contributed by atoms with Gasteiger partial charge in [-0.25, -0.2) is 9.97 Å². The summed E-state index contributed by atoms with van der Waals surface area (Å²) in [5.41, 5.74) is 15.3. The molecule has 1 unspecified atom stereocenters. The van der Waals surface area contributed by atoms with Crippen molar-refractivity contribution in [3.05, 3.63) is 58.9 Å². The van der Waals surface area contributed by atoms with Gasteiger partial charge in [0, 0.05) is 30.2 Å². The largest absolute Gasteiger partial charge is 0.382 e. The summed E-state index contributed by atoms with van der Waals surface area (Å²) < 4.78 is 0. The Morgan fingerprint density at radius 2 is 1.87 bits per heavy atom. The summed E-state index contributed by atoms with van der Waals surface area (Å²) in [5, 5.41) is 9.75. The van der Waals surface area contributed by atoms with E-state index < -0.39 is 0 Å². The van der Waals surface area contributed by atoms with Gasteiger partial charge in [-0.15, -0.1) is 22.6 Å². The fourth-order valence-corrected chi connectivity index (χ4v) is 5.50. The molecule has 2 aliphatic rings. The molecule has 1 fully saturated rings. The van der Waals surface area contributed by atoms with Gasteiger partial charge in [-0.3, -0.25) is 0 Å². The van der Waals surface area contributed by atoms with Crippen molar-refractivity contribution >= 4 is 47.5 Å². The molecule has 3 aromatic rings. The number of aromatic nitrogens is 4. The van der Waals surface area contributed by atoms with E-state index in [2.05, 4.69) is 49.3 Å². The SMILES string of the molecule is Cl.Nc1nccc(Sc2cnc(N3CCC4(CC3)Cc3ccccc3C4N)nn2)c1Cl. The molecule has 0 amide bonds. The highest BCUT2D eigenvalue weighted by atomic mass is 35.5. The van der Waals surface area contributed by atoms with E-state index in [0.29, 0.717) is 21.8 Å². The average Bonchev–Trinajstić information content (AvgIpc) is 3.04. The molecular formula is C21H23Cl2N7S. The molecule has 1 aliphatic carbocycles. The minimum absolute atomic E-state index is 0. The number of anilines is 2. The number of nitrogens with two attached hydrogens (primary N) is 2. The van der Waals surface area contributed by atoms with Crippen molar-refractivity contribution < 1.29 is 0 Å². The molecule has 1 aromatic carbocycles. The maximum Gasteiger partial charge on any atom is 0.245 e. The molecule has 1 atom stereocenters. The molecule has 0 saturated carbocycles. The Labute approximate surface area is 196 Å². The maximum atomic E-state index is 6.67. The standard InChI is InChI=1S/C21H22ClN7S.ClH/c22-17-15(5-8-25-19(17)24)30-16-12-26-20(28-27-16)29-9-6-21(7-10-29)11-13-3-1-2-4-14(13)18(21)23;/h1-5,8,12,18H,6-7,9-11,23H2,(H2,24,25);1H. The van der Waals surface area contributed by atoms with Crippen LogP contribution in [0.2, 0.25) is 5.02 Å². The second-order valence-electron chi connectivity index (χ2n) is 7.91. The fraction of sp³-hybridized carbons (Fsp3) is 0.333. The zero-order chi connectivity index (χ0) is 20.7. The quantitative estimate of drug-likeness (QED) is 0.586. The summed E-state index contributed by atoms with van der Waals surface area (Å²) in [6.07, 6.45) is 6.45. The molecule has 1 saturated heterocycles. The number of pyridine rings is 1. The molecule has 10 heteroatoms. The maximum absolute atomic E-state index is 6.67. The van der Waals surface area contributed by atoms with E-state index in [1.54, 1.807) is 18.5 Å². The Bertz CT molecular complexity index is 1070. The van der Waals surface area contributed by atoms with Crippen LogP contribution in [0, 0.1) is 5.41 Å². The summed E-state index contributed by atoms with van der Waals surface area (Å²) in [6, 6.07) is 10.5. The van der Waals surface area contributed by atoms with Gasteiger partial charge in [0.1, 0.15) is 10.8 Å². The van der Waals surface area contributed by atoms with E-state index in [-0.39, 0.29) is 23.9 Å². The van der Waals surface area contributed by atoms with Crippen LogP contribution in [0.3, 0.4) is 0 Å². The lowest BCUT2D eigenvalue weighted by atomic mass is 9.73. The van der Waals surface area contributed by atoms with Crippen molar-refractivity contribution in [2.24, 2.45) is 11.1 Å². The third kappa shape index (κ3) is 4.05. The van der Waals surface area contributed by atoms with E-state index in [4.69, 9.17) is 23.1 Å². The van der Waals surface area contributed by atoms with Crippen molar-refractivity contribution in [3.8, 4) is 0 Å². The second kappa shape index (κ2) is 8.78. The van der Waals surface area contributed by atoms with Crippen LogP contribution in [0.15, 0.2) is 52.6 Å². The van der Waals surface area contributed by atoms with Crippen LogP contribution < -0.4 is 16.4 Å². The Kier molecular flexibility index (Phi) is 6.25. The van der Waals surface area contributed by atoms with Gasteiger partial charge >= 0.3 is 0 Å². The van der Waals surface area contributed by atoms with Gasteiger partial charge in [0.25, 0.3) is 0 Å². The van der Waals surface area contributed by atoms with Crippen molar-refractivity contribution in [1.82, 2.24) is 20.2 Å². The van der Waals surface area contributed by atoms with Crippen molar-refractivity contribution in [3.63, 3.8) is 0 Å². The van der Waals surface area contributed by atoms with E-state index in [1.807, 2.05) is 0 Å². The molecule has 3 heterocycles. The van der Waals surface area contributed by atoms with Crippen LogP contribution in [-0.2, 0) is 6.42 Å². The van der Waals surface area contributed by atoms with E-state index >= 15 is 0 Å². The minimum atomic E-state index is 0. The highest BCUT2D eigenvalue weighted by Crippen LogP contribution is 2.50. The third-order valence-corrected chi connectivity index (χ3v) is 7.72. The highest BCUT2D eigenvalue weighted by Gasteiger charge is 2.46. The molecular weight excluding hydrogens is 453 g/mol. The fourth-order valence-electron chi connectivity index (χ4n) is 4.54. The first-order chi connectivity index (χ1) is 14.6. The summed E-state index contributed by atoms with van der Waals surface area (Å²) in [7, 11) is 0. The summed E-state index contributed by atoms with van der Waals surface area (Å²) in [4.78, 5) is 11.5. The number of piperidine rings is 1. The number of nitrogen functional groups attached to an aromatic ring is 1. The molecule has 1 spiro atoms. The van der Waals surface area contributed by atoms with Gasteiger partial charge in [0.15, 0.2) is 0 Å². The van der Waals surface area contributed by atoms with Crippen LogP contribution in [0.4, 0.5) is 11.8 Å². The first-order valence-corrected chi connectivity index (χ1v) is 11.1. The van der Waals surface area contributed by atoms with Gasteiger partial charge in [-0.05, 0) is 41.9 Å². The normalized spacial score (nSPS) is 19.2. The van der Waals surface area contributed by atoms with Crippen LogP contribution in [-0.4, -0.2) is 33.3 Å². The predicted octanol–water partition coefficient (Wildman–Crippen LogP) is 3.92. The zero-order valence-corrected chi connectivity index (χ0v) is 19.1. The van der Waals surface area contributed by atoms with Crippen LogP contribution in [0.25, 0.3) is 0 Å². The van der Waals surface area contributed by atoms with Crippen molar-refractivity contribution in [2.45, 2.75) is 35.2 Å². The van der Waals surface area contributed by atoms with E-state index in [9.17, 15) is 0 Å². The summed E-state index contributed by atoms with van der Waals surface area (Å²) in [5.74, 6) is 0.951. The molecule has 0 bridgehead atoms. The second-order valence-corrected chi connectivity index (χ2v) is 9.35. The van der Waals surface area contributed by atoms with Gasteiger partial charge in [0.2, 0.25) is 5.95 Å². The average molecular weight is 476 g/mol. The number of fused-ring (bicyclic) bond motifs is 1. The van der Waals surface area contributed by atoms with Gasteiger partial charge in [-0.1, -0.05) is 47.6 Å². The molecule has 7 nitrogen and oxygen atoms in total. The lowest BCUT2D eigenvalue weighted by Gasteiger charge is -2.42. The Hall–Kier alpha value is -2.13. The molecule has 162 valence electrons. The number of hydrogen-bond acceptors (Lipinski definition) is 8. The number of benzene rings is 1. The first kappa shape index (κ1) is 22.1. The van der Waals surface area contributed by atoms with Gasteiger partial charge in [-0.2, -0.15) is 0 Å². The van der Waals surface area contributed by atoms with Crippen LogP contribution in [0.5, 0.6) is 0 Å². The van der Waals surface area contributed by atoms with Gasteiger partial charge in [0.05, 0.1) is 11.2 Å². The first-order valence-electron chi connectivity index (χ1n) is 9.92. The molecule has 1 aliphatic heterocycles. The Balaban J connectivity index is 0.00000231. The zero-order valence-electron chi connectivity index (χ0n) is 16.7. The lowest BCUT2D eigenvalue weighted by Crippen LogP contribution is -2.45. The van der Waals surface area contributed by atoms with Crippen LogP contribution >= 0.6 is 35.8 Å². The topological polar surface area (TPSA) is 107 Å². The summed E-state index contributed by atoms with van der Waals surface area (Å²) in [6.45, 7) is 1.76. The lowest BCUT2D eigenvalue weighted by molar-refractivity contribution is 0.186. The van der Waals surface area contributed by atoms with Crippen molar-refractivity contribution in [2.75, 3.05) is 23.7 Å². The molecule has 2 aromatic heterocycles. The third-order valence-electron chi connectivity index (χ3n) is 6.26. The van der Waals surface area contributed by atoms with E-state index in [1.165, 1.54) is 22.9 Å². The number of hydrogen-bond donors (Lipinski definition) is 2.